The molecule has 1 aromatic carbocycles. The molecule has 1 aliphatic heterocycles. The molecule has 1 aliphatic rings. The number of nitrogens with one attached hydrogen (secondary N) is 3. The lowest BCUT2D eigenvalue weighted by Gasteiger charge is -2.18. The molecule has 4 rings (SSSR count). The lowest BCUT2D eigenvalue weighted by molar-refractivity contribution is -0.118. The SMILES string of the molecule is Cc1nn(C)c(C)c1-c1cc(C(=O)Nc2ccc3c(c2)NC(=O)CO3)[nH]n1. The van der Waals surface area contributed by atoms with E-state index in [1.807, 2.05) is 20.9 Å². The highest BCUT2D eigenvalue weighted by atomic mass is 16.5. The first-order chi connectivity index (χ1) is 12.9. The summed E-state index contributed by atoms with van der Waals surface area (Å²) in [5.74, 6) is 0.00120. The first-order valence-corrected chi connectivity index (χ1v) is 8.36. The molecule has 0 unspecified atom stereocenters. The van der Waals surface area contributed by atoms with Crippen molar-refractivity contribution < 1.29 is 14.3 Å². The van der Waals surface area contributed by atoms with Gasteiger partial charge in [-0.25, -0.2) is 0 Å². The summed E-state index contributed by atoms with van der Waals surface area (Å²) in [5, 5.41) is 16.9. The zero-order chi connectivity index (χ0) is 19.1. The number of aromatic nitrogens is 4. The fourth-order valence-corrected chi connectivity index (χ4v) is 3.07. The molecule has 2 amide bonds. The number of H-pyrrole nitrogens is 1. The first kappa shape index (κ1) is 16.8. The Kier molecular flexibility index (Phi) is 3.91. The number of carbonyl (C=O) groups excluding carboxylic acids is 2. The second kappa shape index (κ2) is 6.27. The van der Waals surface area contributed by atoms with Crippen molar-refractivity contribution in [2.24, 2.45) is 7.05 Å². The van der Waals surface area contributed by atoms with Crippen molar-refractivity contribution >= 4 is 23.2 Å². The van der Waals surface area contributed by atoms with Crippen LogP contribution in [0.1, 0.15) is 21.9 Å². The van der Waals surface area contributed by atoms with Gasteiger partial charge >= 0.3 is 0 Å². The number of carbonyl (C=O) groups is 2. The molecule has 3 N–H and O–H groups in total. The molecule has 9 nitrogen and oxygen atoms in total. The number of benzene rings is 1. The summed E-state index contributed by atoms with van der Waals surface area (Å²) in [6.45, 7) is 3.84. The van der Waals surface area contributed by atoms with Gasteiger partial charge in [-0.15, -0.1) is 0 Å². The van der Waals surface area contributed by atoms with Crippen LogP contribution in [0, 0.1) is 13.8 Å². The second-order valence-corrected chi connectivity index (χ2v) is 6.34. The van der Waals surface area contributed by atoms with Crippen LogP contribution >= 0.6 is 0 Å². The number of fused-ring (bicyclic) bond motifs is 1. The predicted octanol–water partition coefficient (Wildman–Crippen LogP) is 2.01. The molecule has 3 heterocycles. The van der Waals surface area contributed by atoms with Crippen LogP contribution in [0.2, 0.25) is 0 Å². The van der Waals surface area contributed by atoms with Crippen molar-refractivity contribution in [3.63, 3.8) is 0 Å². The Bertz CT molecular complexity index is 1070. The molecule has 0 spiro atoms. The first-order valence-electron chi connectivity index (χ1n) is 8.36. The van der Waals surface area contributed by atoms with Gasteiger partial charge in [-0.1, -0.05) is 0 Å². The molecule has 0 saturated carbocycles. The van der Waals surface area contributed by atoms with E-state index in [0.29, 0.717) is 28.5 Å². The summed E-state index contributed by atoms with van der Waals surface area (Å²) < 4.78 is 7.09. The maximum absolute atomic E-state index is 12.5. The number of hydrogen-bond donors (Lipinski definition) is 3. The van der Waals surface area contributed by atoms with Gasteiger partial charge in [0.05, 0.1) is 17.1 Å². The van der Waals surface area contributed by atoms with Gasteiger partial charge in [0.25, 0.3) is 11.8 Å². The third kappa shape index (κ3) is 3.03. The van der Waals surface area contributed by atoms with Crippen molar-refractivity contribution in [3.8, 4) is 17.0 Å². The summed E-state index contributed by atoms with van der Waals surface area (Å²) in [6, 6.07) is 6.75. The van der Waals surface area contributed by atoms with E-state index in [1.54, 1.807) is 28.9 Å². The van der Waals surface area contributed by atoms with Crippen LogP contribution in [-0.2, 0) is 11.8 Å². The van der Waals surface area contributed by atoms with E-state index in [9.17, 15) is 9.59 Å². The Balaban J connectivity index is 1.55. The Morgan fingerprint density at radius 3 is 2.85 bits per heavy atom. The van der Waals surface area contributed by atoms with Crippen LogP contribution in [0.25, 0.3) is 11.3 Å². The molecule has 0 atom stereocenters. The van der Waals surface area contributed by atoms with Crippen molar-refractivity contribution in [2.75, 3.05) is 17.2 Å². The van der Waals surface area contributed by atoms with Gasteiger partial charge in [-0.05, 0) is 38.1 Å². The Morgan fingerprint density at radius 2 is 2.11 bits per heavy atom. The van der Waals surface area contributed by atoms with Gasteiger partial charge in [0.2, 0.25) is 0 Å². The van der Waals surface area contributed by atoms with E-state index >= 15 is 0 Å². The van der Waals surface area contributed by atoms with Crippen LogP contribution in [0.4, 0.5) is 11.4 Å². The predicted molar refractivity (Wildman–Crippen MR) is 98.8 cm³/mol. The van der Waals surface area contributed by atoms with E-state index in [-0.39, 0.29) is 18.4 Å². The molecular weight excluding hydrogens is 348 g/mol. The third-order valence-corrected chi connectivity index (χ3v) is 4.46. The van der Waals surface area contributed by atoms with Crippen LogP contribution in [-0.4, -0.2) is 38.4 Å². The minimum atomic E-state index is -0.337. The number of anilines is 2. The van der Waals surface area contributed by atoms with Crippen LogP contribution in [0.15, 0.2) is 24.3 Å². The topological polar surface area (TPSA) is 114 Å². The van der Waals surface area contributed by atoms with Gasteiger partial charge in [0, 0.05) is 24.0 Å². The molecule has 0 fully saturated rings. The highest BCUT2D eigenvalue weighted by Crippen LogP contribution is 2.31. The molecular formula is C18H18N6O3. The molecule has 9 heteroatoms. The number of rotatable bonds is 3. The van der Waals surface area contributed by atoms with Gasteiger partial charge < -0.3 is 15.4 Å². The molecule has 27 heavy (non-hydrogen) atoms. The van der Waals surface area contributed by atoms with Crippen molar-refractivity contribution in [3.05, 3.63) is 41.3 Å². The molecule has 0 radical (unpaired) electrons. The van der Waals surface area contributed by atoms with E-state index in [0.717, 1.165) is 17.0 Å². The highest BCUT2D eigenvalue weighted by molar-refractivity contribution is 6.04. The van der Waals surface area contributed by atoms with Crippen molar-refractivity contribution in [2.45, 2.75) is 13.8 Å². The number of aryl methyl sites for hydroxylation is 2. The van der Waals surface area contributed by atoms with Gasteiger partial charge in [-0.2, -0.15) is 10.2 Å². The number of aromatic amines is 1. The van der Waals surface area contributed by atoms with Crippen LogP contribution < -0.4 is 15.4 Å². The smallest absolute Gasteiger partial charge is 0.273 e. The lowest BCUT2D eigenvalue weighted by Crippen LogP contribution is -2.25. The molecule has 0 saturated heterocycles. The molecule has 138 valence electrons. The number of amides is 2. The minimum absolute atomic E-state index is 0.0111. The average molecular weight is 366 g/mol. The van der Waals surface area contributed by atoms with Crippen molar-refractivity contribution in [1.82, 2.24) is 20.0 Å². The summed E-state index contributed by atoms with van der Waals surface area (Å²) in [4.78, 5) is 24.0. The number of ether oxygens (including phenoxy) is 1. The van der Waals surface area contributed by atoms with E-state index in [1.165, 1.54) is 0 Å². The minimum Gasteiger partial charge on any atom is -0.482 e. The summed E-state index contributed by atoms with van der Waals surface area (Å²) in [5.41, 5.74) is 4.77. The van der Waals surface area contributed by atoms with Crippen molar-refractivity contribution in [1.29, 1.82) is 0 Å². The Labute approximate surface area is 154 Å². The maximum atomic E-state index is 12.5. The maximum Gasteiger partial charge on any atom is 0.273 e. The van der Waals surface area contributed by atoms with E-state index in [4.69, 9.17) is 4.74 Å². The van der Waals surface area contributed by atoms with Gasteiger partial charge in [-0.3, -0.25) is 19.4 Å². The zero-order valence-electron chi connectivity index (χ0n) is 15.1. The normalized spacial score (nSPS) is 12.9. The number of nitrogens with zero attached hydrogens (tertiary/aromatic N) is 3. The molecule has 0 bridgehead atoms. The molecule has 2 aromatic heterocycles. The van der Waals surface area contributed by atoms with Gasteiger partial charge in [0.1, 0.15) is 11.4 Å². The lowest BCUT2D eigenvalue weighted by atomic mass is 10.1. The summed E-state index contributed by atoms with van der Waals surface area (Å²) >= 11 is 0. The quantitative estimate of drug-likeness (QED) is 0.656. The fourth-order valence-electron chi connectivity index (χ4n) is 3.07. The molecule has 0 aliphatic carbocycles. The largest absolute Gasteiger partial charge is 0.482 e. The van der Waals surface area contributed by atoms with E-state index in [2.05, 4.69) is 25.9 Å². The van der Waals surface area contributed by atoms with Gasteiger partial charge in [0.15, 0.2) is 6.61 Å². The Morgan fingerprint density at radius 1 is 1.30 bits per heavy atom. The monoisotopic (exact) mass is 366 g/mol. The standard InChI is InChI=1S/C18H18N6O3/c1-9-17(10(2)24(3)23-9)13-7-14(22-21-13)18(26)19-11-4-5-15-12(6-11)20-16(25)8-27-15/h4-7H,8H2,1-3H3,(H,19,26)(H,20,25)(H,21,22). The number of hydrogen-bond acceptors (Lipinski definition) is 5. The fraction of sp³-hybridized carbons (Fsp3) is 0.222. The van der Waals surface area contributed by atoms with E-state index < -0.39 is 0 Å². The zero-order valence-corrected chi connectivity index (χ0v) is 15.1. The summed E-state index contributed by atoms with van der Waals surface area (Å²) in [6.07, 6.45) is 0. The second-order valence-electron chi connectivity index (χ2n) is 6.34. The summed E-state index contributed by atoms with van der Waals surface area (Å²) in [7, 11) is 1.87. The van der Waals surface area contributed by atoms with Crippen LogP contribution in [0.5, 0.6) is 5.75 Å². The third-order valence-electron chi connectivity index (χ3n) is 4.46. The molecule has 3 aromatic rings. The van der Waals surface area contributed by atoms with Crippen LogP contribution in [0.3, 0.4) is 0 Å². The highest BCUT2D eigenvalue weighted by Gasteiger charge is 2.19. The average Bonchev–Trinajstić information content (AvgIpc) is 3.19. The Hall–Kier alpha value is -3.62.